The van der Waals surface area contributed by atoms with Crippen LogP contribution in [0.1, 0.15) is 35.8 Å². The van der Waals surface area contributed by atoms with E-state index < -0.39 is 5.97 Å². The number of methoxy groups -OCH3 is 1. The monoisotopic (exact) mass is 245 g/mol. The van der Waals surface area contributed by atoms with E-state index in [1.165, 1.54) is 7.11 Å². The van der Waals surface area contributed by atoms with Crippen LogP contribution in [-0.4, -0.2) is 23.2 Å². The van der Waals surface area contributed by atoms with E-state index in [1.54, 1.807) is 24.3 Å². The smallest absolute Gasteiger partial charge is 0.339 e. The fourth-order valence-corrected chi connectivity index (χ4v) is 1.91. The summed E-state index contributed by atoms with van der Waals surface area (Å²) in [5.74, 6) is -0.217. The van der Waals surface area contributed by atoms with E-state index in [1.807, 2.05) is 13.8 Å². The van der Waals surface area contributed by atoms with Crippen LogP contribution in [0.2, 0.25) is 0 Å². The maximum absolute atomic E-state index is 11.7. The number of phenolic OH excluding ortho intramolecular Hbond substituents is 1. The molecule has 0 aliphatic rings. The Labute approximate surface area is 105 Å². The zero-order valence-electron chi connectivity index (χ0n) is 10.6. The van der Waals surface area contributed by atoms with Crippen LogP contribution in [0.4, 0.5) is 0 Å². The number of rotatable bonds is 2. The summed E-state index contributed by atoms with van der Waals surface area (Å²) in [6, 6.07) is 6.81. The number of aromatic hydroxyl groups is 1. The summed E-state index contributed by atoms with van der Waals surface area (Å²) in [6.45, 7) is 3.89. The van der Waals surface area contributed by atoms with Gasteiger partial charge in [0.25, 0.3) is 0 Å². The van der Waals surface area contributed by atoms with Crippen molar-refractivity contribution >= 4 is 16.9 Å². The van der Waals surface area contributed by atoms with Crippen molar-refractivity contribution in [3.05, 3.63) is 35.5 Å². The maximum atomic E-state index is 11.7. The van der Waals surface area contributed by atoms with Gasteiger partial charge >= 0.3 is 5.97 Å². The normalized spacial score (nSPS) is 10.9. The molecule has 0 spiro atoms. The number of hydrogen-bond donors (Lipinski definition) is 1. The molecule has 0 amide bonds. The number of ether oxygens (including phenoxy) is 1. The summed E-state index contributed by atoms with van der Waals surface area (Å²) in [5.41, 5.74) is 1.59. The number of pyridine rings is 1. The van der Waals surface area contributed by atoms with E-state index in [0.29, 0.717) is 16.8 Å². The van der Waals surface area contributed by atoms with Crippen LogP contribution in [0.15, 0.2) is 24.3 Å². The number of fused-ring (bicyclic) bond motifs is 1. The molecule has 1 heterocycles. The minimum Gasteiger partial charge on any atom is -0.506 e. The molecule has 0 atom stereocenters. The van der Waals surface area contributed by atoms with Crippen molar-refractivity contribution in [3.63, 3.8) is 0 Å². The SMILES string of the molecule is COC(=O)c1cc2cccc(O)c2nc1C(C)C. The predicted molar refractivity (Wildman–Crippen MR) is 68.8 cm³/mol. The van der Waals surface area contributed by atoms with Crippen molar-refractivity contribution in [2.45, 2.75) is 19.8 Å². The van der Waals surface area contributed by atoms with Gasteiger partial charge in [0.05, 0.1) is 18.4 Å². The highest BCUT2D eigenvalue weighted by Gasteiger charge is 2.18. The zero-order chi connectivity index (χ0) is 13.3. The topological polar surface area (TPSA) is 59.4 Å². The molecule has 0 bridgehead atoms. The highest BCUT2D eigenvalue weighted by molar-refractivity contribution is 5.96. The summed E-state index contributed by atoms with van der Waals surface area (Å²) in [5, 5.41) is 10.5. The number of carbonyl (C=O) groups is 1. The lowest BCUT2D eigenvalue weighted by Crippen LogP contribution is -2.09. The first-order valence-corrected chi connectivity index (χ1v) is 5.75. The van der Waals surface area contributed by atoms with Gasteiger partial charge in [-0.15, -0.1) is 0 Å². The molecule has 0 unspecified atom stereocenters. The standard InChI is InChI=1S/C14H15NO3/c1-8(2)12-10(14(17)18-3)7-9-5-4-6-11(16)13(9)15-12/h4-8,16H,1-3H3. The van der Waals surface area contributed by atoms with Gasteiger partial charge in [0.2, 0.25) is 0 Å². The molecule has 1 aromatic carbocycles. The lowest BCUT2D eigenvalue weighted by molar-refractivity contribution is 0.0598. The summed E-state index contributed by atoms with van der Waals surface area (Å²) >= 11 is 0. The highest BCUT2D eigenvalue weighted by atomic mass is 16.5. The molecule has 1 N–H and O–H groups in total. The number of para-hydroxylation sites is 1. The second kappa shape index (κ2) is 4.64. The van der Waals surface area contributed by atoms with Gasteiger partial charge in [-0.05, 0) is 18.1 Å². The number of carbonyl (C=O) groups excluding carboxylic acids is 1. The molecule has 0 radical (unpaired) electrons. The first-order chi connectivity index (χ1) is 8.54. The Morgan fingerprint density at radius 3 is 2.72 bits per heavy atom. The summed E-state index contributed by atoms with van der Waals surface area (Å²) in [4.78, 5) is 16.1. The number of benzene rings is 1. The summed E-state index contributed by atoms with van der Waals surface area (Å²) < 4.78 is 4.76. The first-order valence-electron chi connectivity index (χ1n) is 5.75. The molecular formula is C14H15NO3. The van der Waals surface area contributed by atoms with E-state index in [4.69, 9.17) is 4.74 Å². The summed E-state index contributed by atoms with van der Waals surface area (Å²) in [7, 11) is 1.35. The molecule has 1 aromatic heterocycles. The van der Waals surface area contributed by atoms with Crippen molar-refractivity contribution in [2.24, 2.45) is 0 Å². The van der Waals surface area contributed by atoms with Crippen LogP contribution in [0.5, 0.6) is 5.75 Å². The summed E-state index contributed by atoms with van der Waals surface area (Å²) in [6.07, 6.45) is 0. The van der Waals surface area contributed by atoms with Crippen LogP contribution in [0, 0.1) is 0 Å². The Bertz CT molecular complexity index is 605. The number of hydrogen-bond acceptors (Lipinski definition) is 4. The van der Waals surface area contributed by atoms with E-state index >= 15 is 0 Å². The van der Waals surface area contributed by atoms with E-state index in [-0.39, 0.29) is 11.7 Å². The molecular weight excluding hydrogens is 230 g/mol. The third kappa shape index (κ3) is 2.01. The van der Waals surface area contributed by atoms with Gasteiger partial charge in [0.15, 0.2) is 0 Å². The van der Waals surface area contributed by atoms with Crippen molar-refractivity contribution in [1.29, 1.82) is 0 Å². The molecule has 94 valence electrons. The zero-order valence-corrected chi connectivity index (χ0v) is 10.6. The minimum absolute atomic E-state index is 0.0723. The Balaban J connectivity index is 2.77. The average Bonchev–Trinajstić information content (AvgIpc) is 2.36. The number of phenols is 1. The maximum Gasteiger partial charge on any atom is 0.339 e. The second-order valence-corrected chi connectivity index (χ2v) is 4.42. The van der Waals surface area contributed by atoms with Crippen LogP contribution in [0.25, 0.3) is 10.9 Å². The lowest BCUT2D eigenvalue weighted by atomic mass is 10.0. The molecule has 18 heavy (non-hydrogen) atoms. The van der Waals surface area contributed by atoms with Gasteiger partial charge in [-0.3, -0.25) is 0 Å². The van der Waals surface area contributed by atoms with Crippen LogP contribution >= 0.6 is 0 Å². The lowest BCUT2D eigenvalue weighted by Gasteiger charge is -2.12. The third-order valence-corrected chi connectivity index (χ3v) is 2.81. The molecule has 2 aromatic rings. The molecule has 2 rings (SSSR count). The highest BCUT2D eigenvalue weighted by Crippen LogP contribution is 2.28. The fraction of sp³-hybridized carbons (Fsp3) is 0.286. The Morgan fingerprint density at radius 1 is 1.39 bits per heavy atom. The largest absolute Gasteiger partial charge is 0.506 e. The van der Waals surface area contributed by atoms with Crippen LogP contribution in [-0.2, 0) is 4.74 Å². The van der Waals surface area contributed by atoms with Crippen molar-refractivity contribution < 1.29 is 14.6 Å². The molecule has 4 heteroatoms. The quantitative estimate of drug-likeness (QED) is 0.826. The van der Waals surface area contributed by atoms with Gasteiger partial charge in [-0.2, -0.15) is 0 Å². The number of aromatic nitrogens is 1. The van der Waals surface area contributed by atoms with E-state index in [2.05, 4.69) is 4.98 Å². The van der Waals surface area contributed by atoms with E-state index in [0.717, 1.165) is 5.39 Å². The van der Waals surface area contributed by atoms with Gasteiger partial charge in [-0.1, -0.05) is 26.0 Å². The van der Waals surface area contributed by atoms with Crippen LogP contribution < -0.4 is 0 Å². The first kappa shape index (κ1) is 12.4. The predicted octanol–water partition coefficient (Wildman–Crippen LogP) is 2.85. The van der Waals surface area contributed by atoms with Crippen LogP contribution in [0.3, 0.4) is 0 Å². The van der Waals surface area contributed by atoms with Crippen molar-refractivity contribution in [2.75, 3.05) is 7.11 Å². The van der Waals surface area contributed by atoms with Crippen molar-refractivity contribution in [1.82, 2.24) is 4.98 Å². The molecule has 0 saturated carbocycles. The van der Waals surface area contributed by atoms with Gasteiger partial charge in [-0.25, -0.2) is 9.78 Å². The average molecular weight is 245 g/mol. The van der Waals surface area contributed by atoms with Gasteiger partial charge < -0.3 is 9.84 Å². The Morgan fingerprint density at radius 2 is 2.11 bits per heavy atom. The van der Waals surface area contributed by atoms with Gasteiger partial charge in [0, 0.05) is 5.39 Å². The molecule has 0 saturated heterocycles. The molecule has 0 aliphatic carbocycles. The third-order valence-electron chi connectivity index (χ3n) is 2.81. The number of esters is 1. The molecule has 4 nitrogen and oxygen atoms in total. The minimum atomic E-state index is -0.406. The van der Waals surface area contributed by atoms with E-state index in [9.17, 15) is 9.90 Å². The molecule has 0 aliphatic heterocycles. The number of nitrogens with zero attached hydrogens (tertiary/aromatic N) is 1. The van der Waals surface area contributed by atoms with Gasteiger partial charge in [0.1, 0.15) is 11.3 Å². The molecule has 0 fully saturated rings. The Kier molecular flexibility index (Phi) is 3.19. The second-order valence-electron chi connectivity index (χ2n) is 4.42. The fourth-order valence-electron chi connectivity index (χ4n) is 1.91. The van der Waals surface area contributed by atoms with Crippen molar-refractivity contribution in [3.8, 4) is 5.75 Å². The Hall–Kier alpha value is -2.10.